The summed E-state index contributed by atoms with van der Waals surface area (Å²) in [4.78, 5) is 0. The molecular weight excluding hydrogens is 370 g/mol. The number of rotatable bonds is 4. The van der Waals surface area contributed by atoms with Crippen LogP contribution >= 0.6 is 0 Å². The fraction of sp³-hybridized carbons (Fsp3) is 0.846. The summed E-state index contributed by atoms with van der Waals surface area (Å²) < 4.78 is 90.3. The maximum atomic E-state index is 13.7. The summed E-state index contributed by atoms with van der Waals surface area (Å²) in [7, 11) is -9.26. The normalized spacial score (nSPS) is 39.5. The first-order valence-electron chi connectivity index (χ1n) is 7.48. The fourth-order valence-corrected chi connectivity index (χ4v) is 5.36. The van der Waals surface area contributed by atoms with Crippen molar-refractivity contribution in [2.75, 3.05) is 0 Å². The standard InChI is InChI=1S/C13H20F2O7S2/c14-9-3-1-7(5-11(9)23(17,18)19)13(16)8-2-4-10(15)12(6-8)24(20,21)22/h1,3,7-13,16H,2,4-6H2,(H,17,18,19)(H,20,21,22)/t7?,8?,9?,10?,11?,12-,13?/m0/s1. The molecule has 0 aromatic heterocycles. The van der Waals surface area contributed by atoms with Crippen molar-refractivity contribution < 1.29 is 39.8 Å². The first-order valence-corrected chi connectivity index (χ1v) is 10.5. The Kier molecular flexibility index (Phi) is 5.70. The van der Waals surface area contributed by atoms with Crippen LogP contribution in [0.3, 0.4) is 0 Å². The lowest BCUT2D eigenvalue weighted by Gasteiger charge is -2.37. The zero-order valence-electron chi connectivity index (χ0n) is 12.6. The number of aliphatic hydroxyl groups excluding tert-OH is 1. The largest absolute Gasteiger partial charge is 0.392 e. The molecule has 1 saturated carbocycles. The highest BCUT2D eigenvalue weighted by molar-refractivity contribution is 7.86. The maximum Gasteiger partial charge on any atom is 0.271 e. The van der Waals surface area contributed by atoms with Crippen LogP contribution < -0.4 is 0 Å². The highest BCUT2D eigenvalue weighted by Crippen LogP contribution is 2.38. The van der Waals surface area contributed by atoms with E-state index in [0.29, 0.717) is 0 Å². The molecule has 0 radical (unpaired) electrons. The maximum absolute atomic E-state index is 13.7. The molecule has 7 atom stereocenters. The van der Waals surface area contributed by atoms with Crippen molar-refractivity contribution in [3.05, 3.63) is 12.2 Å². The monoisotopic (exact) mass is 390 g/mol. The van der Waals surface area contributed by atoms with Gasteiger partial charge in [-0.3, -0.25) is 9.11 Å². The molecule has 2 aliphatic rings. The average molecular weight is 390 g/mol. The molecule has 140 valence electrons. The second kappa shape index (κ2) is 6.94. The number of hydrogen-bond acceptors (Lipinski definition) is 5. The number of aliphatic hydroxyl groups is 1. The van der Waals surface area contributed by atoms with E-state index in [9.17, 15) is 30.7 Å². The number of allylic oxidation sites excluding steroid dienone is 1. The molecule has 1 fully saturated rings. The number of halogens is 2. The minimum absolute atomic E-state index is 0.147. The summed E-state index contributed by atoms with van der Waals surface area (Å²) in [6.07, 6.45) is -3.40. The van der Waals surface area contributed by atoms with Crippen LogP contribution in [0.1, 0.15) is 25.7 Å². The Morgan fingerprint density at radius 3 is 2.04 bits per heavy atom. The van der Waals surface area contributed by atoms with Crippen LogP contribution in [-0.4, -0.2) is 60.0 Å². The topological polar surface area (TPSA) is 129 Å². The summed E-state index contributed by atoms with van der Waals surface area (Å²) in [5, 5.41) is 7.03. The second-order valence-electron chi connectivity index (χ2n) is 6.42. The van der Waals surface area contributed by atoms with Gasteiger partial charge in [-0.05, 0) is 31.6 Å². The third-order valence-electron chi connectivity index (χ3n) is 4.84. The second-order valence-corrected chi connectivity index (χ2v) is 9.69. The Morgan fingerprint density at radius 1 is 0.917 bits per heavy atom. The zero-order chi connectivity index (χ0) is 18.3. The molecule has 7 nitrogen and oxygen atoms in total. The molecule has 2 aliphatic carbocycles. The summed E-state index contributed by atoms with van der Waals surface area (Å²) in [5.41, 5.74) is 0. The predicted molar refractivity (Wildman–Crippen MR) is 81.1 cm³/mol. The van der Waals surface area contributed by atoms with Crippen molar-refractivity contribution in [2.24, 2.45) is 11.8 Å². The summed E-state index contributed by atoms with van der Waals surface area (Å²) in [6, 6.07) is 0. The molecule has 0 aromatic carbocycles. The van der Waals surface area contributed by atoms with Crippen molar-refractivity contribution in [1.82, 2.24) is 0 Å². The molecule has 24 heavy (non-hydrogen) atoms. The molecule has 0 aliphatic heterocycles. The van der Waals surface area contributed by atoms with Crippen molar-refractivity contribution in [1.29, 1.82) is 0 Å². The van der Waals surface area contributed by atoms with Crippen LogP contribution in [0.25, 0.3) is 0 Å². The van der Waals surface area contributed by atoms with Gasteiger partial charge in [-0.1, -0.05) is 12.2 Å². The first kappa shape index (κ1) is 19.7. The first-order chi connectivity index (χ1) is 10.9. The van der Waals surface area contributed by atoms with Crippen molar-refractivity contribution >= 4 is 20.2 Å². The Balaban J connectivity index is 2.14. The smallest absolute Gasteiger partial charge is 0.271 e. The number of hydrogen-bond donors (Lipinski definition) is 3. The molecule has 0 amide bonds. The van der Waals surface area contributed by atoms with Crippen LogP contribution in [0, 0.1) is 11.8 Å². The van der Waals surface area contributed by atoms with Gasteiger partial charge in [-0.15, -0.1) is 0 Å². The lowest BCUT2D eigenvalue weighted by Crippen LogP contribution is -2.44. The van der Waals surface area contributed by atoms with E-state index in [1.165, 1.54) is 6.08 Å². The molecule has 6 unspecified atom stereocenters. The van der Waals surface area contributed by atoms with Gasteiger partial charge >= 0.3 is 0 Å². The van der Waals surface area contributed by atoms with E-state index in [2.05, 4.69) is 0 Å². The molecule has 0 bridgehead atoms. The average Bonchev–Trinajstić information content (AvgIpc) is 2.45. The van der Waals surface area contributed by atoms with E-state index in [1.54, 1.807) is 0 Å². The van der Waals surface area contributed by atoms with E-state index < -0.39 is 61.0 Å². The molecule has 3 N–H and O–H groups in total. The Hall–Kier alpha value is -0.620. The van der Waals surface area contributed by atoms with Crippen molar-refractivity contribution in [3.63, 3.8) is 0 Å². The lowest BCUT2D eigenvalue weighted by molar-refractivity contribution is 0.0310. The SMILES string of the molecule is O=S(=O)(O)C1CC(C(O)C2CCC(F)[C@@H](S(=O)(=O)O)C2)C=CC1F. The zero-order valence-corrected chi connectivity index (χ0v) is 14.2. The van der Waals surface area contributed by atoms with E-state index in [1.807, 2.05) is 0 Å². The van der Waals surface area contributed by atoms with E-state index in [4.69, 9.17) is 9.11 Å². The van der Waals surface area contributed by atoms with Gasteiger partial charge in [0.1, 0.15) is 22.8 Å². The minimum atomic E-state index is -4.65. The van der Waals surface area contributed by atoms with Gasteiger partial charge in [0.15, 0.2) is 0 Å². The van der Waals surface area contributed by atoms with Crippen LogP contribution in [0.15, 0.2) is 12.2 Å². The van der Waals surface area contributed by atoms with E-state index in [-0.39, 0.29) is 25.7 Å². The molecule has 0 saturated heterocycles. The quantitative estimate of drug-likeness (QED) is 0.481. The Labute approximate surface area is 139 Å². The molecule has 2 rings (SSSR count). The van der Waals surface area contributed by atoms with Crippen LogP contribution in [0.4, 0.5) is 8.78 Å². The van der Waals surface area contributed by atoms with Gasteiger partial charge in [0.2, 0.25) is 0 Å². The van der Waals surface area contributed by atoms with Crippen LogP contribution in [0.5, 0.6) is 0 Å². The summed E-state index contributed by atoms with van der Waals surface area (Å²) >= 11 is 0. The molecular formula is C13H20F2O7S2. The van der Waals surface area contributed by atoms with Gasteiger partial charge in [0.05, 0.1) is 6.10 Å². The van der Waals surface area contributed by atoms with Gasteiger partial charge in [-0.25, -0.2) is 8.78 Å². The predicted octanol–water partition coefficient (Wildman–Crippen LogP) is 0.913. The molecule has 0 aromatic rings. The summed E-state index contributed by atoms with van der Waals surface area (Å²) in [6.45, 7) is 0. The Morgan fingerprint density at radius 2 is 1.50 bits per heavy atom. The number of alkyl halides is 2. The Bertz CT molecular complexity index is 691. The fourth-order valence-electron chi connectivity index (χ4n) is 3.48. The third kappa shape index (κ3) is 4.31. The van der Waals surface area contributed by atoms with Crippen molar-refractivity contribution in [3.8, 4) is 0 Å². The minimum Gasteiger partial charge on any atom is -0.392 e. The van der Waals surface area contributed by atoms with Gasteiger partial charge in [0.25, 0.3) is 20.2 Å². The van der Waals surface area contributed by atoms with E-state index in [0.717, 1.165) is 6.08 Å². The van der Waals surface area contributed by atoms with Crippen LogP contribution in [-0.2, 0) is 20.2 Å². The molecule has 11 heteroatoms. The summed E-state index contributed by atoms with van der Waals surface area (Å²) in [5.74, 6) is -1.52. The lowest BCUT2D eigenvalue weighted by atomic mass is 9.77. The third-order valence-corrected chi connectivity index (χ3v) is 7.31. The van der Waals surface area contributed by atoms with Gasteiger partial charge in [0, 0.05) is 5.92 Å². The molecule has 0 spiro atoms. The highest BCUT2D eigenvalue weighted by Gasteiger charge is 2.44. The van der Waals surface area contributed by atoms with Gasteiger partial charge in [-0.2, -0.15) is 16.8 Å². The highest BCUT2D eigenvalue weighted by atomic mass is 32.2. The van der Waals surface area contributed by atoms with E-state index >= 15 is 0 Å². The van der Waals surface area contributed by atoms with Crippen LogP contribution in [0.2, 0.25) is 0 Å². The van der Waals surface area contributed by atoms with Gasteiger partial charge < -0.3 is 5.11 Å². The molecule has 0 heterocycles. The van der Waals surface area contributed by atoms with Crippen molar-refractivity contribution in [2.45, 2.75) is 54.6 Å².